The molecule has 0 radical (unpaired) electrons. The summed E-state index contributed by atoms with van der Waals surface area (Å²) in [7, 11) is 1.18. The number of esters is 2. The zero-order valence-electron chi connectivity index (χ0n) is 11.3. The van der Waals surface area contributed by atoms with E-state index in [0.29, 0.717) is 0 Å². The molecule has 20 heavy (non-hydrogen) atoms. The van der Waals surface area contributed by atoms with E-state index in [1.165, 1.54) is 7.11 Å². The van der Waals surface area contributed by atoms with Gasteiger partial charge in [0.2, 0.25) is 0 Å². The number of methoxy groups -OCH3 is 1. The highest BCUT2D eigenvalue weighted by Crippen LogP contribution is 1.99. The van der Waals surface area contributed by atoms with Crippen molar-refractivity contribution in [3.63, 3.8) is 0 Å². The number of aliphatic carboxylic acids is 1. The summed E-state index contributed by atoms with van der Waals surface area (Å²) in [6, 6.07) is -2.09. The second-order valence-electron chi connectivity index (χ2n) is 3.64. The van der Waals surface area contributed by atoms with Gasteiger partial charge in [-0.3, -0.25) is 9.59 Å². The van der Waals surface area contributed by atoms with Crippen LogP contribution in [0.4, 0.5) is 4.79 Å². The fraction of sp³-hybridized carbons (Fsp3) is 0.636. The second-order valence-corrected chi connectivity index (χ2v) is 3.64. The average molecular weight is 290 g/mol. The lowest BCUT2D eigenvalue weighted by Crippen LogP contribution is -2.47. The molecule has 2 amide bonds. The van der Waals surface area contributed by atoms with Gasteiger partial charge in [0.05, 0.1) is 13.7 Å². The topological polar surface area (TPSA) is 131 Å². The highest BCUT2D eigenvalue weighted by atomic mass is 16.5. The summed E-state index contributed by atoms with van der Waals surface area (Å²) in [4.78, 5) is 44.1. The minimum Gasteiger partial charge on any atom is -0.480 e. The Morgan fingerprint density at radius 3 is 2.35 bits per heavy atom. The first-order valence-electron chi connectivity index (χ1n) is 5.90. The largest absolute Gasteiger partial charge is 0.480 e. The van der Waals surface area contributed by atoms with Gasteiger partial charge in [-0.1, -0.05) is 0 Å². The van der Waals surface area contributed by atoms with Gasteiger partial charge in [0.25, 0.3) is 0 Å². The van der Waals surface area contributed by atoms with E-state index < -0.39 is 30.0 Å². The minimum absolute atomic E-state index is 0.116. The number of nitrogens with one attached hydrogen (secondary N) is 2. The standard InChI is InChI=1S/C11H18N2O7/c1-3-20-9(15)6-12-11(18)13-7(10(16)17)4-5-8(14)19-2/h7H,3-6H2,1-2H3,(H,16,17)(H2,12,13,18)/t7-/m0/s1. The molecule has 0 saturated heterocycles. The van der Waals surface area contributed by atoms with Gasteiger partial charge in [-0.15, -0.1) is 0 Å². The van der Waals surface area contributed by atoms with Crippen LogP contribution in [0, 0.1) is 0 Å². The highest BCUT2D eigenvalue weighted by Gasteiger charge is 2.21. The molecule has 9 heteroatoms. The van der Waals surface area contributed by atoms with Gasteiger partial charge in [0.15, 0.2) is 0 Å². The van der Waals surface area contributed by atoms with Gasteiger partial charge in [-0.25, -0.2) is 9.59 Å². The Morgan fingerprint density at radius 1 is 1.20 bits per heavy atom. The van der Waals surface area contributed by atoms with Crippen LogP contribution in [-0.4, -0.2) is 55.3 Å². The molecular weight excluding hydrogens is 272 g/mol. The molecule has 0 aromatic rings. The van der Waals surface area contributed by atoms with Crippen LogP contribution in [-0.2, 0) is 23.9 Å². The minimum atomic E-state index is -1.29. The lowest BCUT2D eigenvalue weighted by Gasteiger charge is -2.14. The van der Waals surface area contributed by atoms with Crippen molar-refractivity contribution in [1.82, 2.24) is 10.6 Å². The lowest BCUT2D eigenvalue weighted by atomic mass is 10.1. The van der Waals surface area contributed by atoms with E-state index in [0.717, 1.165) is 0 Å². The number of carboxylic acids is 1. The molecular formula is C11H18N2O7. The molecule has 0 fully saturated rings. The van der Waals surface area contributed by atoms with E-state index in [4.69, 9.17) is 5.11 Å². The molecule has 0 aliphatic rings. The Bertz CT molecular complexity index is 370. The molecule has 3 N–H and O–H groups in total. The van der Waals surface area contributed by atoms with Crippen molar-refractivity contribution in [3.8, 4) is 0 Å². The summed E-state index contributed by atoms with van der Waals surface area (Å²) < 4.78 is 8.95. The maximum absolute atomic E-state index is 11.4. The van der Waals surface area contributed by atoms with Crippen molar-refractivity contribution >= 4 is 23.9 Å². The van der Waals surface area contributed by atoms with Crippen LogP contribution in [0.1, 0.15) is 19.8 Å². The summed E-state index contributed by atoms with van der Waals surface area (Å²) in [6.07, 6.45) is -0.263. The van der Waals surface area contributed by atoms with Gasteiger partial charge in [0, 0.05) is 6.42 Å². The molecule has 0 unspecified atom stereocenters. The van der Waals surface area contributed by atoms with E-state index >= 15 is 0 Å². The smallest absolute Gasteiger partial charge is 0.326 e. The van der Waals surface area contributed by atoms with Gasteiger partial charge in [-0.2, -0.15) is 0 Å². The first kappa shape index (κ1) is 17.7. The van der Waals surface area contributed by atoms with Crippen molar-refractivity contribution in [2.45, 2.75) is 25.8 Å². The molecule has 0 rings (SSSR count). The van der Waals surface area contributed by atoms with Gasteiger partial charge < -0.3 is 25.2 Å². The van der Waals surface area contributed by atoms with E-state index in [1.54, 1.807) is 6.92 Å². The monoisotopic (exact) mass is 290 g/mol. The molecule has 0 aromatic carbocycles. The quantitative estimate of drug-likeness (QED) is 0.501. The predicted octanol–water partition coefficient (Wildman–Crippen LogP) is -0.745. The van der Waals surface area contributed by atoms with Crippen LogP contribution in [0.3, 0.4) is 0 Å². The summed E-state index contributed by atoms with van der Waals surface area (Å²) >= 11 is 0. The van der Waals surface area contributed by atoms with E-state index in [2.05, 4.69) is 20.1 Å². The normalized spacial score (nSPS) is 11.1. The van der Waals surface area contributed by atoms with Gasteiger partial charge in [-0.05, 0) is 13.3 Å². The lowest BCUT2D eigenvalue weighted by molar-refractivity contribution is -0.143. The fourth-order valence-electron chi connectivity index (χ4n) is 1.20. The Hall–Kier alpha value is -2.32. The zero-order chi connectivity index (χ0) is 15.5. The number of ether oxygens (including phenoxy) is 2. The predicted molar refractivity (Wildman–Crippen MR) is 65.8 cm³/mol. The van der Waals surface area contributed by atoms with Crippen molar-refractivity contribution in [3.05, 3.63) is 0 Å². The molecule has 9 nitrogen and oxygen atoms in total. The van der Waals surface area contributed by atoms with Crippen LogP contribution in [0.25, 0.3) is 0 Å². The van der Waals surface area contributed by atoms with Gasteiger partial charge in [0.1, 0.15) is 12.6 Å². The number of rotatable bonds is 8. The number of carboxylic acid groups (broad SMARTS) is 1. The first-order chi connectivity index (χ1) is 9.40. The van der Waals surface area contributed by atoms with Crippen LogP contribution in [0.15, 0.2) is 0 Å². The molecule has 0 spiro atoms. The number of carbonyl (C=O) groups excluding carboxylic acids is 3. The number of hydrogen-bond acceptors (Lipinski definition) is 6. The molecule has 0 aliphatic carbocycles. The van der Waals surface area contributed by atoms with Crippen LogP contribution >= 0.6 is 0 Å². The second kappa shape index (κ2) is 9.59. The van der Waals surface area contributed by atoms with Crippen molar-refractivity contribution < 1.29 is 33.8 Å². The highest BCUT2D eigenvalue weighted by molar-refractivity contribution is 5.85. The van der Waals surface area contributed by atoms with Crippen LogP contribution < -0.4 is 10.6 Å². The summed E-state index contributed by atoms with van der Waals surface area (Å²) in [5.41, 5.74) is 0. The van der Waals surface area contributed by atoms with Gasteiger partial charge >= 0.3 is 23.9 Å². The molecule has 0 saturated carbocycles. The van der Waals surface area contributed by atoms with E-state index in [1.807, 2.05) is 0 Å². The van der Waals surface area contributed by atoms with E-state index in [-0.39, 0.29) is 26.0 Å². The molecule has 1 atom stereocenters. The number of amides is 2. The molecule has 0 heterocycles. The van der Waals surface area contributed by atoms with Crippen molar-refractivity contribution in [2.24, 2.45) is 0 Å². The molecule has 0 aliphatic heterocycles. The Kier molecular flexibility index (Phi) is 8.48. The number of urea groups is 1. The maximum Gasteiger partial charge on any atom is 0.326 e. The Labute approximate surface area is 115 Å². The third-order valence-electron chi connectivity index (χ3n) is 2.17. The van der Waals surface area contributed by atoms with E-state index in [9.17, 15) is 19.2 Å². The van der Waals surface area contributed by atoms with Crippen LogP contribution in [0.5, 0.6) is 0 Å². The molecule has 114 valence electrons. The third-order valence-corrected chi connectivity index (χ3v) is 2.17. The Morgan fingerprint density at radius 2 is 1.85 bits per heavy atom. The average Bonchev–Trinajstić information content (AvgIpc) is 2.40. The maximum atomic E-state index is 11.4. The summed E-state index contributed by atoms with van der Waals surface area (Å²) in [6.45, 7) is 1.42. The first-order valence-corrected chi connectivity index (χ1v) is 5.90. The SMILES string of the molecule is CCOC(=O)CNC(=O)N[C@@H](CCC(=O)OC)C(=O)O. The summed E-state index contributed by atoms with van der Waals surface area (Å²) in [5, 5.41) is 13.2. The summed E-state index contributed by atoms with van der Waals surface area (Å²) in [5.74, 6) is -2.51. The number of carbonyl (C=O) groups is 4. The fourth-order valence-corrected chi connectivity index (χ4v) is 1.20. The van der Waals surface area contributed by atoms with Crippen LogP contribution in [0.2, 0.25) is 0 Å². The van der Waals surface area contributed by atoms with Crippen molar-refractivity contribution in [1.29, 1.82) is 0 Å². The number of hydrogen-bond donors (Lipinski definition) is 3. The van der Waals surface area contributed by atoms with Crippen molar-refractivity contribution in [2.75, 3.05) is 20.3 Å². The zero-order valence-corrected chi connectivity index (χ0v) is 11.3. The Balaban J connectivity index is 4.17. The third kappa shape index (κ3) is 7.90. The molecule has 0 aromatic heterocycles. The molecule has 0 bridgehead atoms.